The van der Waals surface area contributed by atoms with Crippen molar-refractivity contribution in [2.24, 2.45) is 5.10 Å². The van der Waals surface area contributed by atoms with Crippen LogP contribution in [0.5, 0.6) is 5.75 Å². The number of amides is 1. The quantitative estimate of drug-likeness (QED) is 0.375. The van der Waals surface area contributed by atoms with E-state index in [0.29, 0.717) is 5.56 Å². The summed E-state index contributed by atoms with van der Waals surface area (Å²) in [6, 6.07) is 16.7. The summed E-state index contributed by atoms with van der Waals surface area (Å²) in [5.41, 5.74) is 3.85. The predicted molar refractivity (Wildman–Crippen MR) is 104 cm³/mol. The van der Waals surface area contributed by atoms with Crippen LogP contribution in [0.1, 0.15) is 5.56 Å². The molecule has 0 aliphatic rings. The van der Waals surface area contributed by atoms with E-state index in [4.69, 9.17) is 0 Å². The lowest BCUT2D eigenvalue weighted by molar-refractivity contribution is -0.118. The normalized spacial score (nSPS) is 11.1. The van der Waals surface area contributed by atoms with Crippen molar-refractivity contribution in [2.45, 2.75) is 5.03 Å². The van der Waals surface area contributed by atoms with Gasteiger partial charge in [0.25, 0.3) is 0 Å². The molecule has 0 fully saturated rings. The molecule has 1 amide bonds. The largest absolute Gasteiger partial charge is 0.507 e. The van der Waals surface area contributed by atoms with Crippen LogP contribution in [0.25, 0.3) is 10.9 Å². The second-order valence-electron chi connectivity index (χ2n) is 5.13. The van der Waals surface area contributed by atoms with Gasteiger partial charge in [0.15, 0.2) is 0 Å². The summed E-state index contributed by atoms with van der Waals surface area (Å²) in [6.45, 7) is 0. The third kappa shape index (κ3) is 4.80. The van der Waals surface area contributed by atoms with Crippen LogP contribution in [0, 0.1) is 0 Å². The van der Waals surface area contributed by atoms with Crippen LogP contribution in [-0.2, 0) is 4.79 Å². The Balaban J connectivity index is 1.55. The molecule has 7 heteroatoms. The van der Waals surface area contributed by atoms with E-state index in [1.807, 2.05) is 36.4 Å². The van der Waals surface area contributed by atoms with Crippen LogP contribution in [0.4, 0.5) is 0 Å². The molecular formula is C18H14BrN3O2S. The van der Waals surface area contributed by atoms with Crippen molar-refractivity contribution in [2.75, 3.05) is 5.75 Å². The number of nitrogens with zero attached hydrogens (tertiary/aromatic N) is 2. The Kier molecular flexibility index (Phi) is 5.67. The fourth-order valence-corrected chi connectivity index (χ4v) is 3.15. The molecule has 2 aromatic carbocycles. The molecule has 0 saturated carbocycles. The Morgan fingerprint density at radius 1 is 1.24 bits per heavy atom. The first-order chi connectivity index (χ1) is 12.1. The van der Waals surface area contributed by atoms with Crippen molar-refractivity contribution in [1.29, 1.82) is 0 Å². The van der Waals surface area contributed by atoms with Gasteiger partial charge in [0, 0.05) is 15.4 Å². The predicted octanol–water partition coefficient (Wildman–Crippen LogP) is 3.95. The van der Waals surface area contributed by atoms with Crippen molar-refractivity contribution in [3.63, 3.8) is 0 Å². The number of carbonyl (C=O) groups is 1. The number of phenols is 1. The van der Waals surface area contributed by atoms with E-state index in [2.05, 4.69) is 31.4 Å². The number of benzene rings is 2. The molecule has 2 N–H and O–H groups in total. The van der Waals surface area contributed by atoms with Crippen LogP contribution in [-0.4, -0.2) is 28.0 Å². The van der Waals surface area contributed by atoms with Gasteiger partial charge >= 0.3 is 0 Å². The molecule has 1 heterocycles. The average Bonchev–Trinajstić information content (AvgIpc) is 2.62. The van der Waals surface area contributed by atoms with Crippen LogP contribution in [0.3, 0.4) is 0 Å². The number of aromatic nitrogens is 1. The molecular weight excluding hydrogens is 402 g/mol. The number of phenolic OH excluding ortho intramolecular Hbond substituents is 1. The van der Waals surface area contributed by atoms with Crippen molar-refractivity contribution < 1.29 is 9.90 Å². The topological polar surface area (TPSA) is 74.6 Å². The van der Waals surface area contributed by atoms with Crippen molar-refractivity contribution in [1.82, 2.24) is 10.4 Å². The smallest absolute Gasteiger partial charge is 0.250 e. The van der Waals surface area contributed by atoms with Gasteiger partial charge in [-0.2, -0.15) is 5.10 Å². The van der Waals surface area contributed by atoms with E-state index in [1.165, 1.54) is 18.0 Å². The summed E-state index contributed by atoms with van der Waals surface area (Å²) in [5, 5.41) is 15.4. The fraction of sp³-hybridized carbons (Fsp3) is 0.0556. The molecule has 5 nitrogen and oxygen atoms in total. The van der Waals surface area contributed by atoms with Crippen LogP contribution in [0.2, 0.25) is 0 Å². The Labute approximate surface area is 157 Å². The Morgan fingerprint density at radius 2 is 2.08 bits per heavy atom. The molecule has 0 radical (unpaired) electrons. The number of hydrogen-bond donors (Lipinski definition) is 2. The summed E-state index contributed by atoms with van der Waals surface area (Å²) < 4.78 is 0.816. The second-order valence-corrected chi connectivity index (χ2v) is 7.04. The van der Waals surface area contributed by atoms with Crippen LogP contribution >= 0.6 is 27.7 Å². The van der Waals surface area contributed by atoms with E-state index in [-0.39, 0.29) is 17.4 Å². The number of rotatable bonds is 5. The number of hydrogen-bond acceptors (Lipinski definition) is 5. The van der Waals surface area contributed by atoms with Gasteiger partial charge in [-0.3, -0.25) is 4.79 Å². The molecule has 0 atom stereocenters. The maximum absolute atomic E-state index is 11.9. The van der Waals surface area contributed by atoms with Gasteiger partial charge in [0.1, 0.15) is 5.75 Å². The van der Waals surface area contributed by atoms with E-state index in [9.17, 15) is 9.90 Å². The molecule has 1 aromatic heterocycles. The number of carbonyl (C=O) groups excluding carboxylic acids is 1. The Bertz CT molecular complexity index is 947. The van der Waals surface area contributed by atoms with E-state index >= 15 is 0 Å². The van der Waals surface area contributed by atoms with Gasteiger partial charge in [-0.15, -0.1) is 0 Å². The lowest BCUT2D eigenvalue weighted by atomic mass is 10.2. The minimum absolute atomic E-state index is 0.0935. The van der Waals surface area contributed by atoms with E-state index in [0.717, 1.165) is 20.4 Å². The van der Waals surface area contributed by atoms with Gasteiger partial charge in [0.05, 0.1) is 22.5 Å². The number of nitrogens with one attached hydrogen (secondary N) is 1. The Hall–Kier alpha value is -2.38. The zero-order chi connectivity index (χ0) is 17.6. The summed E-state index contributed by atoms with van der Waals surface area (Å²) in [7, 11) is 0. The maximum Gasteiger partial charge on any atom is 0.250 e. The Morgan fingerprint density at radius 3 is 2.96 bits per heavy atom. The number of hydrazone groups is 1. The summed E-state index contributed by atoms with van der Waals surface area (Å²) in [5.74, 6) is 0.0503. The highest BCUT2D eigenvalue weighted by molar-refractivity contribution is 9.10. The maximum atomic E-state index is 11.9. The first kappa shape index (κ1) is 17.4. The fourth-order valence-electron chi connectivity index (χ4n) is 2.10. The number of halogens is 1. The first-order valence-corrected chi connectivity index (χ1v) is 9.19. The third-order valence-corrected chi connectivity index (χ3v) is 4.73. The summed E-state index contributed by atoms with van der Waals surface area (Å²) in [4.78, 5) is 16.4. The van der Waals surface area contributed by atoms with Crippen molar-refractivity contribution in [3.05, 3.63) is 64.6 Å². The van der Waals surface area contributed by atoms with Gasteiger partial charge in [-0.25, -0.2) is 10.4 Å². The highest BCUT2D eigenvalue weighted by Gasteiger charge is 2.04. The molecule has 0 unspecified atom stereocenters. The van der Waals surface area contributed by atoms with Crippen LogP contribution in [0.15, 0.2) is 69.2 Å². The molecule has 0 aliphatic carbocycles. The van der Waals surface area contributed by atoms with Gasteiger partial charge < -0.3 is 5.11 Å². The molecule has 3 rings (SSSR count). The SMILES string of the molecule is O=C(CSc1ccc2ccccc2n1)NN=Cc1cc(Br)ccc1O. The van der Waals surface area contributed by atoms with Gasteiger partial charge in [-0.1, -0.05) is 52.0 Å². The average molecular weight is 416 g/mol. The zero-order valence-corrected chi connectivity index (χ0v) is 15.4. The van der Waals surface area contributed by atoms with E-state index in [1.54, 1.807) is 18.2 Å². The first-order valence-electron chi connectivity index (χ1n) is 7.41. The number of pyridine rings is 1. The van der Waals surface area contributed by atoms with Gasteiger partial charge in [-0.05, 0) is 30.3 Å². The lowest BCUT2D eigenvalue weighted by Crippen LogP contribution is -2.19. The molecule has 0 saturated heterocycles. The lowest BCUT2D eigenvalue weighted by Gasteiger charge is -2.03. The monoisotopic (exact) mass is 415 g/mol. The second kappa shape index (κ2) is 8.13. The number of fused-ring (bicyclic) bond motifs is 1. The highest BCUT2D eigenvalue weighted by Crippen LogP contribution is 2.21. The minimum atomic E-state index is -0.245. The van der Waals surface area contributed by atoms with E-state index < -0.39 is 0 Å². The molecule has 0 bridgehead atoms. The summed E-state index contributed by atoms with van der Waals surface area (Å²) in [6.07, 6.45) is 1.40. The number of para-hydroxylation sites is 1. The highest BCUT2D eigenvalue weighted by atomic mass is 79.9. The molecule has 25 heavy (non-hydrogen) atoms. The summed E-state index contributed by atoms with van der Waals surface area (Å²) >= 11 is 4.66. The van der Waals surface area contributed by atoms with Gasteiger partial charge in [0.2, 0.25) is 5.91 Å². The molecule has 126 valence electrons. The zero-order valence-electron chi connectivity index (χ0n) is 13.0. The molecule has 0 aliphatic heterocycles. The minimum Gasteiger partial charge on any atom is -0.507 e. The van der Waals surface area contributed by atoms with Crippen molar-refractivity contribution in [3.8, 4) is 5.75 Å². The molecule has 3 aromatic rings. The third-order valence-electron chi connectivity index (χ3n) is 3.31. The number of thioether (sulfide) groups is 1. The number of aromatic hydroxyl groups is 1. The standard InChI is InChI=1S/C18H14BrN3O2S/c19-14-6-7-16(23)13(9-14)10-20-22-17(24)11-25-18-8-5-12-3-1-2-4-15(12)21-18/h1-10,23H,11H2,(H,22,24). The van der Waals surface area contributed by atoms with Crippen LogP contribution < -0.4 is 5.43 Å². The van der Waals surface area contributed by atoms with Crippen molar-refractivity contribution >= 4 is 50.7 Å². The molecule has 0 spiro atoms.